The predicted octanol–water partition coefficient (Wildman–Crippen LogP) is 3.09. The van der Waals surface area contributed by atoms with Crippen LogP contribution in [0.5, 0.6) is 0 Å². The summed E-state index contributed by atoms with van der Waals surface area (Å²) in [6, 6.07) is 9.34. The minimum atomic E-state index is -0.565. The molecule has 0 spiro atoms. The van der Waals surface area contributed by atoms with Crippen molar-refractivity contribution in [2.75, 3.05) is 0 Å². The molecular formula is C16H10N2O5. The number of ether oxygens (including phenoxy) is 1. The summed E-state index contributed by atoms with van der Waals surface area (Å²) in [6.07, 6.45) is 6.28. The number of hydrogen-bond acceptors (Lipinski definition) is 6. The summed E-state index contributed by atoms with van der Waals surface area (Å²) in [5.41, 5.74) is 0.927. The molecule has 1 aromatic heterocycles. The minimum Gasteiger partial charge on any atom is -0.459 e. The molecule has 2 aromatic rings. The lowest BCUT2D eigenvalue weighted by molar-refractivity contribution is -0.384. The molecule has 0 saturated carbocycles. The van der Waals surface area contributed by atoms with Crippen LogP contribution in [0.25, 0.3) is 6.08 Å². The molecule has 0 aliphatic carbocycles. The van der Waals surface area contributed by atoms with E-state index in [1.54, 1.807) is 36.4 Å². The van der Waals surface area contributed by atoms with Crippen LogP contribution in [-0.2, 0) is 9.53 Å². The van der Waals surface area contributed by atoms with Crippen LogP contribution in [0.4, 0.5) is 5.69 Å². The molecule has 0 radical (unpaired) electrons. The molecule has 1 aliphatic heterocycles. The highest BCUT2D eigenvalue weighted by molar-refractivity contribution is 6.10. The second kappa shape index (κ2) is 6.10. The summed E-state index contributed by atoms with van der Waals surface area (Å²) in [4.78, 5) is 25.8. The molecule has 2 heterocycles. The van der Waals surface area contributed by atoms with E-state index in [1.807, 2.05) is 0 Å². The van der Waals surface area contributed by atoms with Crippen molar-refractivity contribution in [3.8, 4) is 0 Å². The second-order valence-electron chi connectivity index (χ2n) is 4.54. The van der Waals surface area contributed by atoms with Crippen molar-refractivity contribution in [3.05, 3.63) is 81.9 Å². The first-order valence-corrected chi connectivity index (χ1v) is 6.61. The molecule has 0 saturated heterocycles. The third kappa shape index (κ3) is 3.24. The van der Waals surface area contributed by atoms with Crippen LogP contribution in [-0.4, -0.2) is 16.8 Å². The molecule has 1 aromatic carbocycles. The lowest BCUT2D eigenvalue weighted by atomic mass is 10.2. The number of carbonyl (C=O) groups is 1. The van der Waals surface area contributed by atoms with Gasteiger partial charge in [0, 0.05) is 12.1 Å². The maximum atomic E-state index is 11.7. The molecular weight excluding hydrogens is 300 g/mol. The highest BCUT2D eigenvalue weighted by Crippen LogP contribution is 2.17. The zero-order chi connectivity index (χ0) is 16.2. The number of carbonyl (C=O) groups excluding carboxylic acids is 1. The van der Waals surface area contributed by atoms with Crippen LogP contribution >= 0.6 is 0 Å². The smallest absolute Gasteiger partial charge is 0.363 e. The van der Waals surface area contributed by atoms with E-state index in [9.17, 15) is 14.9 Å². The highest BCUT2D eigenvalue weighted by atomic mass is 16.6. The minimum absolute atomic E-state index is 0.0209. The Morgan fingerprint density at radius 3 is 2.61 bits per heavy atom. The number of non-ortho nitro benzene ring substituents is 1. The van der Waals surface area contributed by atoms with Crippen molar-refractivity contribution in [1.29, 1.82) is 0 Å². The van der Waals surface area contributed by atoms with Gasteiger partial charge in [0.1, 0.15) is 0 Å². The van der Waals surface area contributed by atoms with E-state index in [0.717, 1.165) is 5.56 Å². The van der Waals surface area contributed by atoms with Crippen LogP contribution < -0.4 is 0 Å². The number of allylic oxidation sites excluding steroid dienone is 2. The Kier molecular flexibility index (Phi) is 3.84. The maximum Gasteiger partial charge on any atom is 0.363 e. The summed E-state index contributed by atoms with van der Waals surface area (Å²) >= 11 is 0. The highest BCUT2D eigenvalue weighted by Gasteiger charge is 2.25. The topological polar surface area (TPSA) is 94.9 Å². The van der Waals surface area contributed by atoms with Crippen LogP contribution in [0.1, 0.15) is 11.3 Å². The number of nitro benzene ring substituents is 1. The molecule has 0 amide bonds. The fourth-order valence-corrected chi connectivity index (χ4v) is 1.89. The van der Waals surface area contributed by atoms with Gasteiger partial charge < -0.3 is 9.15 Å². The zero-order valence-corrected chi connectivity index (χ0v) is 11.7. The first-order chi connectivity index (χ1) is 11.1. The van der Waals surface area contributed by atoms with Crippen LogP contribution in [0.15, 0.2) is 69.9 Å². The molecule has 7 heteroatoms. The van der Waals surface area contributed by atoms with Gasteiger partial charge in [-0.25, -0.2) is 9.79 Å². The lowest BCUT2D eigenvalue weighted by Gasteiger charge is -1.93. The summed E-state index contributed by atoms with van der Waals surface area (Å²) in [5, 5.41) is 10.6. The summed E-state index contributed by atoms with van der Waals surface area (Å²) < 4.78 is 10.1. The Hall–Kier alpha value is -3.48. The van der Waals surface area contributed by atoms with E-state index in [1.165, 1.54) is 24.5 Å². The van der Waals surface area contributed by atoms with Gasteiger partial charge in [0.2, 0.25) is 0 Å². The SMILES string of the molecule is O=C1OC(c2ccco2)=N/C1=C\C=C\c1ccc([N+](=O)[O-])cc1. The Labute approximate surface area is 130 Å². The van der Waals surface area contributed by atoms with Crippen molar-refractivity contribution in [2.45, 2.75) is 0 Å². The number of cyclic esters (lactones) is 1. The van der Waals surface area contributed by atoms with Gasteiger partial charge >= 0.3 is 5.97 Å². The molecule has 3 rings (SSSR count). The van der Waals surface area contributed by atoms with Gasteiger partial charge in [-0.05, 0) is 35.9 Å². The van der Waals surface area contributed by atoms with E-state index >= 15 is 0 Å². The van der Waals surface area contributed by atoms with Crippen molar-refractivity contribution < 1.29 is 18.9 Å². The number of nitrogens with zero attached hydrogens (tertiary/aromatic N) is 2. The maximum absolute atomic E-state index is 11.7. The first-order valence-electron chi connectivity index (χ1n) is 6.61. The monoisotopic (exact) mass is 310 g/mol. The normalized spacial score (nSPS) is 15.9. The largest absolute Gasteiger partial charge is 0.459 e. The summed E-state index contributed by atoms with van der Waals surface area (Å²) in [6.45, 7) is 0. The predicted molar refractivity (Wildman–Crippen MR) is 81.6 cm³/mol. The number of aliphatic imine (C=N–C) groups is 1. The van der Waals surface area contributed by atoms with Gasteiger partial charge in [0.05, 0.1) is 11.2 Å². The number of furan rings is 1. The van der Waals surface area contributed by atoms with Crippen LogP contribution in [0.3, 0.4) is 0 Å². The average Bonchev–Trinajstić information content (AvgIpc) is 3.18. The zero-order valence-electron chi connectivity index (χ0n) is 11.7. The first kappa shape index (κ1) is 14.5. The number of nitro groups is 1. The standard InChI is InChI=1S/C16H10N2O5/c19-16-13(17-15(23-16)14-5-2-10-22-14)4-1-3-11-6-8-12(9-7-11)18(20)21/h1-10H/b3-1+,13-4-. The summed E-state index contributed by atoms with van der Waals surface area (Å²) in [7, 11) is 0. The number of esters is 1. The Balaban J connectivity index is 1.74. The lowest BCUT2D eigenvalue weighted by Crippen LogP contribution is -2.03. The van der Waals surface area contributed by atoms with Gasteiger partial charge in [-0.3, -0.25) is 10.1 Å². The number of benzene rings is 1. The molecule has 0 atom stereocenters. The van der Waals surface area contributed by atoms with Crippen molar-refractivity contribution in [1.82, 2.24) is 0 Å². The number of rotatable bonds is 4. The molecule has 23 heavy (non-hydrogen) atoms. The fraction of sp³-hybridized carbons (Fsp3) is 0. The van der Waals surface area contributed by atoms with Crippen molar-refractivity contribution in [3.63, 3.8) is 0 Å². The molecule has 0 fully saturated rings. The Morgan fingerprint density at radius 1 is 1.17 bits per heavy atom. The van der Waals surface area contributed by atoms with Crippen LogP contribution in [0, 0.1) is 10.1 Å². The van der Waals surface area contributed by atoms with E-state index < -0.39 is 10.9 Å². The van der Waals surface area contributed by atoms with E-state index in [0.29, 0.717) is 5.76 Å². The van der Waals surface area contributed by atoms with E-state index in [2.05, 4.69) is 4.99 Å². The van der Waals surface area contributed by atoms with E-state index in [4.69, 9.17) is 9.15 Å². The van der Waals surface area contributed by atoms with Gasteiger partial charge in [-0.2, -0.15) is 0 Å². The number of hydrogen-bond donors (Lipinski definition) is 0. The summed E-state index contributed by atoms with van der Waals surface area (Å²) in [5.74, 6) is -0.0687. The van der Waals surface area contributed by atoms with Gasteiger partial charge in [0.25, 0.3) is 11.6 Å². The molecule has 1 aliphatic rings. The van der Waals surface area contributed by atoms with E-state index in [-0.39, 0.29) is 17.3 Å². The quantitative estimate of drug-likeness (QED) is 0.374. The molecule has 0 N–H and O–H groups in total. The van der Waals surface area contributed by atoms with Crippen molar-refractivity contribution >= 4 is 23.6 Å². The van der Waals surface area contributed by atoms with Gasteiger partial charge in [-0.15, -0.1) is 0 Å². The van der Waals surface area contributed by atoms with Gasteiger partial charge in [-0.1, -0.05) is 12.2 Å². The average molecular weight is 310 g/mol. The fourth-order valence-electron chi connectivity index (χ4n) is 1.89. The molecule has 0 unspecified atom stereocenters. The Morgan fingerprint density at radius 2 is 1.96 bits per heavy atom. The van der Waals surface area contributed by atoms with Gasteiger partial charge in [0.15, 0.2) is 11.5 Å². The third-order valence-electron chi connectivity index (χ3n) is 3.00. The molecule has 7 nitrogen and oxygen atoms in total. The molecule has 0 bridgehead atoms. The van der Waals surface area contributed by atoms with Crippen molar-refractivity contribution in [2.24, 2.45) is 4.99 Å². The molecule has 114 valence electrons. The Bertz CT molecular complexity index is 830. The van der Waals surface area contributed by atoms with Crippen LogP contribution in [0.2, 0.25) is 0 Å². The second-order valence-corrected chi connectivity index (χ2v) is 4.54. The third-order valence-corrected chi connectivity index (χ3v) is 3.00.